The van der Waals surface area contributed by atoms with Crippen LogP contribution in [0, 0.1) is 17.6 Å². The van der Waals surface area contributed by atoms with Gasteiger partial charge in [-0.2, -0.15) is 0 Å². The van der Waals surface area contributed by atoms with Crippen LogP contribution in [0.1, 0.15) is 32.3 Å². The summed E-state index contributed by atoms with van der Waals surface area (Å²) in [5, 5.41) is 3.42. The van der Waals surface area contributed by atoms with Gasteiger partial charge in [0, 0.05) is 17.5 Å². The largest absolute Gasteiger partial charge is 0.378 e. The van der Waals surface area contributed by atoms with E-state index in [0.717, 1.165) is 19.4 Å². The van der Waals surface area contributed by atoms with Gasteiger partial charge in [0.1, 0.15) is 11.6 Å². The average Bonchev–Trinajstić information content (AvgIpc) is 2.84. The monoisotopic (exact) mass is 283 g/mol. The maximum absolute atomic E-state index is 13.8. The third-order valence-electron chi connectivity index (χ3n) is 3.94. The Morgan fingerprint density at radius 3 is 2.60 bits per heavy atom. The summed E-state index contributed by atoms with van der Waals surface area (Å²) in [6.07, 6.45) is 2.55. The molecule has 1 heterocycles. The van der Waals surface area contributed by atoms with E-state index in [9.17, 15) is 8.78 Å². The molecule has 1 aromatic carbocycles. The van der Waals surface area contributed by atoms with Crippen LogP contribution >= 0.6 is 0 Å². The molecule has 2 rings (SSSR count). The number of hydrogen-bond donors (Lipinski definition) is 1. The first-order valence-electron chi connectivity index (χ1n) is 7.39. The van der Waals surface area contributed by atoms with Crippen molar-refractivity contribution < 1.29 is 13.5 Å². The van der Waals surface area contributed by atoms with Crippen molar-refractivity contribution in [2.75, 3.05) is 13.2 Å². The van der Waals surface area contributed by atoms with Crippen LogP contribution in [0.4, 0.5) is 8.78 Å². The zero-order valence-corrected chi connectivity index (χ0v) is 12.2. The van der Waals surface area contributed by atoms with Gasteiger partial charge in [0.25, 0.3) is 0 Å². The van der Waals surface area contributed by atoms with Gasteiger partial charge in [-0.1, -0.05) is 13.0 Å². The summed E-state index contributed by atoms with van der Waals surface area (Å²) < 4.78 is 33.2. The van der Waals surface area contributed by atoms with E-state index in [-0.39, 0.29) is 17.7 Å². The third-order valence-corrected chi connectivity index (χ3v) is 3.94. The molecular weight excluding hydrogens is 260 g/mol. The van der Waals surface area contributed by atoms with Gasteiger partial charge in [-0.3, -0.25) is 0 Å². The normalized spacial score (nSPS) is 24.0. The van der Waals surface area contributed by atoms with E-state index in [1.165, 1.54) is 18.2 Å². The molecule has 0 saturated carbocycles. The highest BCUT2D eigenvalue weighted by Gasteiger charge is 2.30. The molecule has 1 fully saturated rings. The Morgan fingerprint density at radius 2 is 2.05 bits per heavy atom. The predicted molar refractivity (Wildman–Crippen MR) is 75.7 cm³/mol. The number of nitrogens with one attached hydrogen (secondary N) is 1. The lowest BCUT2D eigenvalue weighted by Gasteiger charge is -2.24. The minimum atomic E-state index is -0.458. The van der Waals surface area contributed by atoms with Crippen LogP contribution in [-0.4, -0.2) is 25.3 Å². The molecule has 0 aliphatic carbocycles. The van der Waals surface area contributed by atoms with Crippen LogP contribution in [0.3, 0.4) is 0 Å². The van der Waals surface area contributed by atoms with Crippen LogP contribution in [-0.2, 0) is 11.2 Å². The molecule has 1 aliphatic rings. The molecule has 1 aliphatic heterocycles. The van der Waals surface area contributed by atoms with Crippen molar-refractivity contribution in [3.05, 3.63) is 35.4 Å². The summed E-state index contributed by atoms with van der Waals surface area (Å²) in [6, 6.07) is 4.11. The Hall–Kier alpha value is -1.00. The summed E-state index contributed by atoms with van der Waals surface area (Å²) >= 11 is 0. The van der Waals surface area contributed by atoms with E-state index >= 15 is 0 Å². The van der Waals surface area contributed by atoms with E-state index in [1.54, 1.807) is 0 Å². The second-order valence-corrected chi connectivity index (χ2v) is 5.60. The SMILES string of the molecule is CCCNC(Cc1c(F)cccc1F)C1COC(C)C1. The van der Waals surface area contributed by atoms with Crippen molar-refractivity contribution >= 4 is 0 Å². The molecule has 20 heavy (non-hydrogen) atoms. The number of rotatable bonds is 6. The molecule has 0 aromatic heterocycles. The second-order valence-electron chi connectivity index (χ2n) is 5.60. The molecule has 3 unspecified atom stereocenters. The smallest absolute Gasteiger partial charge is 0.129 e. The van der Waals surface area contributed by atoms with Crippen LogP contribution < -0.4 is 5.32 Å². The van der Waals surface area contributed by atoms with Gasteiger partial charge in [-0.15, -0.1) is 0 Å². The van der Waals surface area contributed by atoms with Gasteiger partial charge < -0.3 is 10.1 Å². The van der Waals surface area contributed by atoms with Crippen molar-refractivity contribution in [2.24, 2.45) is 5.92 Å². The number of benzene rings is 1. The highest BCUT2D eigenvalue weighted by atomic mass is 19.1. The van der Waals surface area contributed by atoms with Crippen molar-refractivity contribution in [3.8, 4) is 0 Å². The van der Waals surface area contributed by atoms with Crippen molar-refractivity contribution in [1.29, 1.82) is 0 Å². The van der Waals surface area contributed by atoms with Crippen LogP contribution in [0.5, 0.6) is 0 Å². The summed E-state index contributed by atoms with van der Waals surface area (Å²) in [4.78, 5) is 0. The first-order valence-corrected chi connectivity index (χ1v) is 7.39. The van der Waals surface area contributed by atoms with E-state index in [4.69, 9.17) is 4.74 Å². The lowest BCUT2D eigenvalue weighted by molar-refractivity contribution is 0.116. The van der Waals surface area contributed by atoms with Gasteiger partial charge in [0.2, 0.25) is 0 Å². The summed E-state index contributed by atoms with van der Waals surface area (Å²) in [5.74, 6) is -0.601. The standard InChI is InChI=1S/C16H23F2NO/c1-3-7-19-16(12-8-11(2)20-10-12)9-13-14(17)5-4-6-15(13)18/h4-6,11-12,16,19H,3,7-10H2,1-2H3. The predicted octanol–water partition coefficient (Wildman–Crippen LogP) is 3.30. The van der Waals surface area contributed by atoms with E-state index in [0.29, 0.717) is 18.9 Å². The topological polar surface area (TPSA) is 21.3 Å². The zero-order chi connectivity index (χ0) is 14.5. The van der Waals surface area contributed by atoms with Gasteiger partial charge >= 0.3 is 0 Å². The summed E-state index contributed by atoms with van der Waals surface area (Å²) in [7, 11) is 0. The fourth-order valence-corrected chi connectivity index (χ4v) is 2.81. The fourth-order valence-electron chi connectivity index (χ4n) is 2.81. The molecule has 0 amide bonds. The van der Waals surface area contributed by atoms with E-state index < -0.39 is 11.6 Å². The van der Waals surface area contributed by atoms with Crippen molar-refractivity contribution in [1.82, 2.24) is 5.32 Å². The first kappa shape index (κ1) is 15.4. The van der Waals surface area contributed by atoms with Gasteiger partial charge in [0.05, 0.1) is 12.7 Å². The summed E-state index contributed by atoms with van der Waals surface area (Å²) in [5.41, 5.74) is 0.181. The average molecular weight is 283 g/mol. The Balaban J connectivity index is 2.10. The zero-order valence-electron chi connectivity index (χ0n) is 12.2. The molecule has 1 aromatic rings. The molecule has 0 spiro atoms. The highest BCUT2D eigenvalue weighted by molar-refractivity contribution is 5.21. The Bertz CT molecular complexity index is 418. The minimum Gasteiger partial charge on any atom is -0.378 e. The van der Waals surface area contributed by atoms with E-state index in [1.807, 2.05) is 6.92 Å². The van der Waals surface area contributed by atoms with Crippen LogP contribution in [0.15, 0.2) is 18.2 Å². The van der Waals surface area contributed by atoms with Crippen LogP contribution in [0.2, 0.25) is 0 Å². The second kappa shape index (κ2) is 7.14. The molecule has 3 atom stereocenters. The molecule has 112 valence electrons. The number of hydrogen-bond acceptors (Lipinski definition) is 2. The lowest BCUT2D eigenvalue weighted by atomic mass is 9.91. The van der Waals surface area contributed by atoms with Crippen molar-refractivity contribution in [2.45, 2.75) is 45.3 Å². The van der Waals surface area contributed by atoms with Gasteiger partial charge in [-0.05, 0) is 44.9 Å². The molecule has 0 bridgehead atoms. The quantitative estimate of drug-likeness (QED) is 0.865. The third kappa shape index (κ3) is 3.76. The maximum Gasteiger partial charge on any atom is 0.129 e. The molecule has 1 saturated heterocycles. The highest BCUT2D eigenvalue weighted by Crippen LogP contribution is 2.26. The number of halogens is 2. The molecule has 0 radical (unpaired) electrons. The molecule has 4 heteroatoms. The Kier molecular flexibility index (Phi) is 5.49. The van der Waals surface area contributed by atoms with E-state index in [2.05, 4.69) is 12.2 Å². The molecule has 1 N–H and O–H groups in total. The number of ether oxygens (including phenoxy) is 1. The van der Waals surface area contributed by atoms with Crippen molar-refractivity contribution in [3.63, 3.8) is 0 Å². The molecule has 2 nitrogen and oxygen atoms in total. The first-order chi connectivity index (χ1) is 9.61. The lowest BCUT2D eigenvalue weighted by Crippen LogP contribution is -2.39. The fraction of sp³-hybridized carbons (Fsp3) is 0.625. The summed E-state index contributed by atoms with van der Waals surface area (Å²) in [6.45, 7) is 5.65. The Labute approximate surface area is 119 Å². The molecular formula is C16H23F2NO. The Morgan fingerprint density at radius 1 is 1.35 bits per heavy atom. The minimum absolute atomic E-state index is 0.0614. The maximum atomic E-state index is 13.8. The van der Waals surface area contributed by atoms with Crippen LogP contribution in [0.25, 0.3) is 0 Å². The van der Waals surface area contributed by atoms with Gasteiger partial charge in [-0.25, -0.2) is 8.78 Å². The van der Waals surface area contributed by atoms with Gasteiger partial charge in [0.15, 0.2) is 0 Å².